The predicted molar refractivity (Wildman–Crippen MR) is 162 cm³/mol. The topological polar surface area (TPSA) is 78.8 Å². The lowest BCUT2D eigenvalue weighted by Gasteiger charge is -2.38. The van der Waals surface area contributed by atoms with Crippen molar-refractivity contribution in [1.82, 2.24) is 14.8 Å². The van der Waals surface area contributed by atoms with Crippen LogP contribution in [0.15, 0.2) is 24.3 Å². The summed E-state index contributed by atoms with van der Waals surface area (Å²) in [7, 11) is 2.14. The van der Waals surface area contributed by atoms with Gasteiger partial charge in [-0.2, -0.15) is 13.2 Å². The minimum absolute atomic E-state index is 0.0493. The van der Waals surface area contributed by atoms with E-state index in [1.54, 1.807) is 39.0 Å². The number of unbranched alkanes of at least 4 members (excludes halogenated alkanes) is 5. The number of alkyl carbamates (subject to hydrolysis) is 1. The Labute approximate surface area is 248 Å². The standard InChI is InChI=1S/C32H47F3N4O3/c1-31(2,3)42-30(41)36-18-12-14-25-21-26-28(15-11-16-29(26)39(25)23-32(33,34)35)37-27-17-19-38(4)22-24(27)13-9-7-5-6-8-10-20-40/h11,15-16,21,24,27,37,40H,5-10,13,17-20,22-23H2,1-4H3,(H,36,41). The molecular formula is C32H47F3N4O3. The number of nitrogens with zero attached hydrogens (tertiary/aromatic N) is 2. The van der Waals surface area contributed by atoms with Gasteiger partial charge in [0.1, 0.15) is 12.1 Å². The normalized spacial score (nSPS) is 18.0. The predicted octanol–water partition coefficient (Wildman–Crippen LogP) is 6.54. The van der Waals surface area contributed by atoms with Gasteiger partial charge in [0.15, 0.2) is 0 Å². The number of hydrogen-bond acceptors (Lipinski definition) is 5. The zero-order chi connectivity index (χ0) is 30.8. The number of carbonyl (C=O) groups is 1. The maximum Gasteiger partial charge on any atom is 0.408 e. The average molecular weight is 593 g/mol. The van der Waals surface area contributed by atoms with Crippen LogP contribution in [-0.2, 0) is 11.3 Å². The van der Waals surface area contributed by atoms with Gasteiger partial charge in [0, 0.05) is 30.3 Å². The Morgan fingerprint density at radius 1 is 1.12 bits per heavy atom. The third-order valence-corrected chi connectivity index (χ3v) is 7.48. The molecule has 0 aliphatic carbocycles. The molecule has 0 spiro atoms. The van der Waals surface area contributed by atoms with Gasteiger partial charge >= 0.3 is 12.3 Å². The molecule has 0 bridgehead atoms. The number of halogens is 3. The Hall–Kier alpha value is -2.90. The third kappa shape index (κ3) is 11.1. The molecule has 2 aromatic rings. The summed E-state index contributed by atoms with van der Waals surface area (Å²) in [6, 6.07) is 7.34. The molecule has 0 radical (unpaired) electrons. The molecule has 1 amide bonds. The Morgan fingerprint density at radius 2 is 1.83 bits per heavy atom. The van der Waals surface area contributed by atoms with Crippen LogP contribution >= 0.6 is 0 Å². The summed E-state index contributed by atoms with van der Waals surface area (Å²) in [5.74, 6) is 6.05. The number of fused-ring (bicyclic) bond motifs is 1. The minimum atomic E-state index is -4.42. The molecule has 3 rings (SSSR count). The van der Waals surface area contributed by atoms with E-state index in [1.165, 1.54) is 17.4 Å². The van der Waals surface area contributed by atoms with Gasteiger partial charge in [-0.05, 0) is 83.7 Å². The smallest absolute Gasteiger partial charge is 0.408 e. The molecule has 1 aromatic heterocycles. The summed E-state index contributed by atoms with van der Waals surface area (Å²) in [4.78, 5) is 14.3. The number of amides is 1. The number of anilines is 1. The first-order chi connectivity index (χ1) is 19.9. The monoisotopic (exact) mass is 592 g/mol. The minimum Gasteiger partial charge on any atom is -0.444 e. The van der Waals surface area contributed by atoms with Gasteiger partial charge < -0.3 is 29.9 Å². The molecule has 1 saturated heterocycles. The molecule has 1 aliphatic heterocycles. The number of rotatable bonds is 12. The van der Waals surface area contributed by atoms with Gasteiger partial charge in [0.25, 0.3) is 0 Å². The van der Waals surface area contributed by atoms with Crippen molar-refractivity contribution in [2.24, 2.45) is 5.92 Å². The number of aliphatic hydroxyl groups excluding tert-OH is 1. The van der Waals surface area contributed by atoms with Crippen LogP contribution in [0.2, 0.25) is 0 Å². The van der Waals surface area contributed by atoms with Crippen molar-refractivity contribution in [3.05, 3.63) is 30.0 Å². The fourth-order valence-corrected chi connectivity index (χ4v) is 5.55. The van der Waals surface area contributed by atoms with Crippen molar-refractivity contribution < 1.29 is 27.8 Å². The Balaban J connectivity index is 1.77. The highest BCUT2D eigenvalue weighted by molar-refractivity contribution is 5.94. The highest BCUT2D eigenvalue weighted by Gasteiger charge is 2.31. The number of aliphatic hydroxyl groups is 1. The molecule has 2 unspecified atom stereocenters. The second-order valence-corrected chi connectivity index (χ2v) is 12.3. The molecule has 3 N–H and O–H groups in total. The van der Waals surface area contributed by atoms with Crippen molar-refractivity contribution in [3.8, 4) is 11.8 Å². The fourth-order valence-electron chi connectivity index (χ4n) is 5.55. The van der Waals surface area contributed by atoms with Crippen molar-refractivity contribution in [2.75, 3.05) is 38.6 Å². The van der Waals surface area contributed by atoms with Gasteiger partial charge in [-0.15, -0.1) is 0 Å². The highest BCUT2D eigenvalue weighted by Crippen LogP contribution is 2.33. The maximum atomic E-state index is 13.6. The molecule has 2 heterocycles. The zero-order valence-electron chi connectivity index (χ0n) is 25.4. The molecule has 1 aromatic carbocycles. The number of benzene rings is 1. The number of ether oxygens (including phenoxy) is 1. The Kier molecular flexibility index (Phi) is 12.4. The van der Waals surface area contributed by atoms with Crippen molar-refractivity contribution in [2.45, 2.75) is 96.5 Å². The molecule has 10 heteroatoms. The Morgan fingerprint density at radius 3 is 2.52 bits per heavy atom. The summed E-state index contributed by atoms with van der Waals surface area (Å²) < 4.78 is 47.2. The van der Waals surface area contributed by atoms with Crippen LogP contribution in [0, 0.1) is 17.8 Å². The van der Waals surface area contributed by atoms with Crippen LogP contribution in [0.4, 0.5) is 23.7 Å². The summed E-state index contributed by atoms with van der Waals surface area (Å²) in [5, 5.41) is 15.9. The summed E-state index contributed by atoms with van der Waals surface area (Å²) in [5.41, 5.74) is 0.859. The van der Waals surface area contributed by atoms with Crippen LogP contribution < -0.4 is 10.6 Å². The molecule has 42 heavy (non-hydrogen) atoms. The van der Waals surface area contributed by atoms with E-state index >= 15 is 0 Å². The first-order valence-electron chi connectivity index (χ1n) is 15.1. The second kappa shape index (κ2) is 15.5. The maximum absolute atomic E-state index is 13.6. The zero-order valence-corrected chi connectivity index (χ0v) is 25.4. The van der Waals surface area contributed by atoms with Crippen LogP contribution in [-0.4, -0.2) is 71.8 Å². The molecular weight excluding hydrogens is 545 g/mol. The third-order valence-electron chi connectivity index (χ3n) is 7.48. The van der Waals surface area contributed by atoms with E-state index < -0.39 is 24.4 Å². The molecule has 7 nitrogen and oxygen atoms in total. The quantitative estimate of drug-likeness (QED) is 0.193. The van der Waals surface area contributed by atoms with E-state index in [0.29, 0.717) is 16.8 Å². The average Bonchev–Trinajstić information content (AvgIpc) is 3.23. The van der Waals surface area contributed by atoms with Crippen LogP contribution in [0.3, 0.4) is 0 Å². The SMILES string of the molecule is CN1CCC(Nc2cccc3c2cc(C#CCNC(=O)OC(C)(C)C)n3CC(F)(F)F)C(CCCCCCCCO)C1. The van der Waals surface area contributed by atoms with Crippen molar-refractivity contribution in [1.29, 1.82) is 0 Å². The summed E-state index contributed by atoms with van der Waals surface area (Å²) in [6.07, 6.45) is 3.55. The summed E-state index contributed by atoms with van der Waals surface area (Å²) in [6.45, 7) is 6.23. The highest BCUT2D eigenvalue weighted by atomic mass is 19.4. The van der Waals surface area contributed by atoms with Gasteiger partial charge in [-0.25, -0.2) is 4.79 Å². The number of nitrogens with one attached hydrogen (secondary N) is 2. The summed E-state index contributed by atoms with van der Waals surface area (Å²) >= 11 is 0. The van der Waals surface area contributed by atoms with E-state index in [2.05, 4.69) is 34.4 Å². The van der Waals surface area contributed by atoms with Crippen LogP contribution in [0.1, 0.15) is 77.8 Å². The molecule has 1 fully saturated rings. The lowest BCUT2D eigenvalue weighted by molar-refractivity contribution is -0.140. The van der Waals surface area contributed by atoms with Crippen molar-refractivity contribution in [3.63, 3.8) is 0 Å². The largest absolute Gasteiger partial charge is 0.444 e. The lowest BCUT2D eigenvalue weighted by Crippen LogP contribution is -2.44. The Bertz CT molecular complexity index is 1210. The van der Waals surface area contributed by atoms with E-state index in [-0.39, 0.29) is 24.9 Å². The molecule has 0 saturated carbocycles. The number of hydrogen-bond donors (Lipinski definition) is 3. The molecule has 1 aliphatic rings. The molecule has 2 atom stereocenters. The van der Waals surface area contributed by atoms with E-state index in [1.807, 2.05) is 6.07 Å². The number of aromatic nitrogens is 1. The number of piperidine rings is 1. The first kappa shape index (κ1) is 33.6. The number of likely N-dealkylation sites (tertiary alicyclic amines) is 1. The van der Waals surface area contributed by atoms with E-state index in [9.17, 15) is 18.0 Å². The fraction of sp³-hybridized carbons (Fsp3) is 0.656. The molecule has 234 valence electrons. The van der Waals surface area contributed by atoms with E-state index in [0.717, 1.165) is 57.3 Å². The van der Waals surface area contributed by atoms with E-state index in [4.69, 9.17) is 9.84 Å². The van der Waals surface area contributed by atoms with Gasteiger partial charge in [0.2, 0.25) is 0 Å². The second-order valence-electron chi connectivity index (χ2n) is 12.3. The van der Waals surface area contributed by atoms with Crippen molar-refractivity contribution >= 4 is 22.7 Å². The van der Waals surface area contributed by atoms with Gasteiger partial charge in [0.05, 0.1) is 17.8 Å². The first-order valence-corrected chi connectivity index (χ1v) is 15.1. The number of carbonyl (C=O) groups excluding carboxylic acids is 1. The van der Waals surface area contributed by atoms with Crippen LogP contribution in [0.5, 0.6) is 0 Å². The van der Waals surface area contributed by atoms with Gasteiger partial charge in [-0.3, -0.25) is 0 Å². The van der Waals surface area contributed by atoms with Gasteiger partial charge in [-0.1, -0.05) is 44.1 Å². The lowest BCUT2D eigenvalue weighted by atomic mass is 9.87. The van der Waals surface area contributed by atoms with Crippen LogP contribution in [0.25, 0.3) is 10.9 Å². The number of alkyl halides is 3.